The van der Waals surface area contributed by atoms with E-state index < -0.39 is 29.8 Å². The molecule has 0 aliphatic rings. The molecular formula is C33H31N4O3+. The number of ether oxygens (including phenoxy) is 1. The second-order valence-corrected chi connectivity index (χ2v) is 9.29. The van der Waals surface area contributed by atoms with Gasteiger partial charge in [0.15, 0.2) is 18.4 Å². The molecule has 5 aromatic rings. The van der Waals surface area contributed by atoms with Crippen molar-refractivity contribution in [2.24, 2.45) is 0 Å². The summed E-state index contributed by atoms with van der Waals surface area (Å²) in [5.74, 6) is -0.997. The van der Waals surface area contributed by atoms with E-state index in [1.807, 2.05) is 72.8 Å². The number of hydrogen-bond donors (Lipinski definition) is 1. The molecule has 1 N–H and O–H groups in total. The number of rotatable bonds is 10. The molecule has 5 rings (SSSR count). The van der Waals surface area contributed by atoms with E-state index in [9.17, 15) is 9.59 Å². The molecule has 0 saturated carbocycles. The Hall–Kier alpha value is -5.04. The molecule has 0 spiro atoms. The number of amides is 1. The number of carbonyl (C=O) groups is 2. The maximum absolute atomic E-state index is 14.3. The number of esters is 1. The van der Waals surface area contributed by atoms with Crippen LogP contribution in [0.15, 0.2) is 134 Å². The van der Waals surface area contributed by atoms with Crippen molar-refractivity contribution < 1.29 is 19.0 Å². The summed E-state index contributed by atoms with van der Waals surface area (Å²) in [5.41, 5.74) is 2.68. The first-order valence-electron chi connectivity index (χ1n) is 13.2. The third-order valence-electron chi connectivity index (χ3n) is 6.96. The summed E-state index contributed by atoms with van der Waals surface area (Å²) >= 11 is 0. The van der Waals surface area contributed by atoms with Gasteiger partial charge < -0.3 is 9.72 Å². The monoisotopic (exact) mass is 531 g/mol. The summed E-state index contributed by atoms with van der Waals surface area (Å²) in [6, 6.07) is 35.3. The largest absolute Gasteiger partial charge is 0.466 e. The van der Waals surface area contributed by atoms with Gasteiger partial charge in [-0.3, -0.25) is 9.59 Å². The highest BCUT2D eigenvalue weighted by atomic mass is 16.5. The Kier molecular flexibility index (Phi) is 8.11. The number of nitrogens with zero attached hydrogens (tertiary/aromatic N) is 3. The Morgan fingerprint density at radius 1 is 0.825 bits per heavy atom. The van der Waals surface area contributed by atoms with Gasteiger partial charge in [-0.25, -0.2) is 4.98 Å². The SMILES string of the molecule is CCOC(=O)CC(=O)N(C(c1cnc[nH]1)C(c1ccccc1)(c1ccccc1)c1ccccc1)[n+]1ccccc1. The zero-order chi connectivity index (χ0) is 27.8. The lowest BCUT2D eigenvalue weighted by molar-refractivity contribution is -0.689. The third-order valence-corrected chi connectivity index (χ3v) is 6.96. The van der Waals surface area contributed by atoms with E-state index in [0.29, 0.717) is 5.69 Å². The minimum Gasteiger partial charge on any atom is -0.466 e. The number of aromatic nitrogens is 3. The molecule has 1 unspecified atom stereocenters. The molecule has 200 valence electrons. The lowest BCUT2D eigenvalue weighted by Gasteiger charge is -2.43. The molecule has 0 saturated heterocycles. The standard InChI is InChI=1S/C33H31N4O3/c1-2-40-31(39)23-30(38)37(36-21-13-6-14-22-36)32(29-24-34-25-35-29)33(26-15-7-3-8-16-26,27-17-9-4-10-18-27)28-19-11-5-12-20-28/h3-22,24-25,32H,2,23H2,1H3,(H,34,35)/q+1. The van der Waals surface area contributed by atoms with Crippen LogP contribution in [0, 0.1) is 0 Å². The van der Waals surface area contributed by atoms with Gasteiger partial charge in [0.05, 0.1) is 30.2 Å². The van der Waals surface area contributed by atoms with E-state index in [-0.39, 0.29) is 6.61 Å². The molecule has 1 atom stereocenters. The normalized spacial score (nSPS) is 11.9. The Morgan fingerprint density at radius 3 is 1.77 bits per heavy atom. The van der Waals surface area contributed by atoms with E-state index in [0.717, 1.165) is 16.7 Å². The van der Waals surface area contributed by atoms with Gasteiger partial charge in [-0.05, 0) is 23.6 Å². The highest BCUT2D eigenvalue weighted by molar-refractivity contribution is 5.99. The molecule has 7 nitrogen and oxygen atoms in total. The fraction of sp³-hybridized carbons (Fsp3) is 0.152. The summed E-state index contributed by atoms with van der Waals surface area (Å²) < 4.78 is 6.93. The number of pyridine rings is 1. The summed E-state index contributed by atoms with van der Waals surface area (Å²) in [6.07, 6.45) is 6.53. The van der Waals surface area contributed by atoms with Gasteiger partial charge in [0, 0.05) is 12.1 Å². The Labute approximate surface area is 233 Å². The quantitative estimate of drug-likeness (QED) is 0.120. The van der Waals surface area contributed by atoms with Gasteiger partial charge >= 0.3 is 5.97 Å². The maximum atomic E-state index is 14.3. The van der Waals surface area contributed by atoms with Gasteiger partial charge in [0.25, 0.3) is 5.91 Å². The van der Waals surface area contributed by atoms with Crippen molar-refractivity contribution in [1.82, 2.24) is 9.97 Å². The third kappa shape index (κ3) is 5.14. The second kappa shape index (κ2) is 12.2. The number of aromatic amines is 1. The molecule has 1 amide bonds. The predicted molar refractivity (Wildman–Crippen MR) is 152 cm³/mol. The molecule has 0 radical (unpaired) electrons. The van der Waals surface area contributed by atoms with E-state index in [1.54, 1.807) is 41.5 Å². The molecule has 0 bridgehead atoms. The van der Waals surface area contributed by atoms with Crippen LogP contribution >= 0.6 is 0 Å². The molecule has 0 aliphatic carbocycles. The Bertz CT molecular complexity index is 1410. The molecular weight excluding hydrogens is 500 g/mol. The van der Waals surface area contributed by atoms with Crippen LogP contribution in [-0.4, -0.2) is 28.5 Å². The lowest BCUT2D eigenvalue weighted by atomic mass is 9.63. The lowest BCUT2D eigenvalue weighted by Crippen LogP contribution is -2.66. The van der Waals surface area contributed by atoms with Gasteiger partial charge in [-0.2, -0.15) is 0 Å². The average Bonchev–Trinajstić information content (AvgIpc) is 3.54. The van der Waals surface area contributed by atoms with E-state index in [4.69, 9.17) is 4.74 Å². The Balaban J connectivity index is 1.88. The van der Waals surface area contributed by atoms with Crippen LogP contribution < -0.4 is 9.69 Å². The van der Waals surface area contributed by atoms with Crippen molar-refractivity contribution in [3.8, 4) is 0 Å². The first kappa shape index (κ1) is 26.6. The van der Waals surface area contributed by atoms with E-state index in [2.05, 4.69) is 46.4 Å². The number of imidazole rings is 1. The highest BCUT2D eigenvalue weighted by Crippen LogP contribution is 2.50. The molecule has 7 heteroatoms. The van der Waals surface area contributed by atoms with Crippen molar-refractivity contribution in [2.45, 2.75) is 24.8 Å². The molecule has 3 aromatic carbocycles. The second-order valence-electron chi connectivity index (χ2n) is 9.29. The first-order chi connectivity index (χ1) is 19.7. The van der Waals surface area contributed by atoms with Crippen LogP contribution in [0.2, 0.25) is 0 Å². The van der Waals surface area contributed by atoms with Crippen molar-refractivity contribution >= 4 is 11.9 Å². The van der Waals surface area contributed by atoms with Crippen LogP contribution in [-0.2, 0) is 19.7 Å². The maximum Gasteiger partial charge on any atom is 0.315 e. The van der Waals surface area contributed by atoms with Crippen molar-refractivity contribution in [1.29, 1.82) is 0 Å². The fourth-order valence-electron chi connectivity index (χ4n) is 5.40. The number of hydrogen-bond acceptors (Lipinski definition) is 4. The number of H-pyrrole nitrogens is 1. The molecule has 0 aliphatic heterocycles. The van der Waals surface area contributed by atoms with Crippen LogP contribution in [0.25, 0.3) is 0 Å². The van der Waals surface area contributed by atoms with Gasteiger partial charge in [-0.1, -0.05) is 102 Å². The summed E-state index contributed by atoms with van der Waals surface area (Å²) in [5, 5.41) is 1.64. The smallest absolute Gasteiger partial charge is 0.315 e. The number of benzene rings is 3. The van der Waals surface area contributed by atoms with Gasteiger partial charge in [-0.15, -0.1) is 5.01 Å². The summed E-state index contributed by atoms with van der Waals surface area (Å²) in [7, 11) is 0. The zero-order valence-electron chi connectivity index (χ0n) is 22.3. The van der Waals surface area contributed by atoms with Gasteiger partial charge in [0.1, 0.15) is 6.42 Å². The zero-order valence-corrected chi connectivity index (χ0v) is 22.3. The molecule has 2 aromatic heterocycles. The van der Waals surface area contributed by atoms with Crippen LogP contribution in [0.1, 0.15) is 41.8 Å². The summed E-state index contributed by atoms with van der Waals surface area (Å²) in [6.45, 7) is 1.92. The van der Waals surface area contributed by atoms with Crippen LogP contribution in [0.5, 0.6) is 0 Å². The minimum atomic E-state index is -0.927. The number of nitrogens with one attached hydrogen (secondary N) is 1. The van der Waals surface area contributed by atoms with Crippen molar-refractivity contribution in [3.63, 3.8) is 0 Å². The van der Waals surface area contributed by atoms with Crippen molar-refractivity contribution in [3.05, 3.63) is 156 Å². The van der Waals surface area contributed by atoms with E-state index in [1.165, 1.54) is 0 Å². The fourth-order valence-corrected chi connectivity index (χ4v) is 5.40. The number of carbonyl (C=O) groups excluding carboxylic acids is 2. The van der Waals surface area contributed by atoms with Gasteiger partial charge in [0.2, 0.25) is 0 Å². The van der Waals surface area contributed by atoms with E-state index >= 15 is 0 Å². The molecule has 40 heavy (non-hydrogen) atoms. The first-order valence-corrected chi connectivity index (χ1v) is 13.2. The predicted octanol–water partition coefficient (Wildman–Crippen LogP) is 4.89. The van der Waals surface area contributed by atoms with Crippen LogP contribution in [0.3, 0.4) is 0 Å². The minimum absolute atomic E-state index is 0.191. The summed E-state index contributed by atoms with van der Waals surface area (Å²) in [4.78, 5) is 34.6. The molecule has 2 heterocycles. The topological polar surface area (TPSA) is 79.2 Å². The van der Waals surface area contributed by atoms with Crippen LogP contribution in [0.4, 0.5) is 0 Å². The van der Waals surface area contributed by atoms with Crippen molar-refractivity contribution in [2.75, 3.05) is 11.6 Å². The Morgan fingerprint density at radius 2 is 1.32 bits per heavy atom. The highest BCUT2D eigenvalue weighted by Gasteiger charge is 2.53. The molecule has 0 fully saturated rings. The average molecular weight is 532 g/mol.